The summed E-state index contributed by atoms with van der Waals surface area (Å²) in [5.41, 5.74) is 1.40. The summed E-state index contributed by atoms with van der Waals surface area (Å²) in [5.74, 6) is 0.424. The number of amides is 1. The summed E-state index contributed by atoms with van der Waals surface area (Å²) in [6.45, 7) is 0.582. The fourth-order valence-electron chi connectivity index (χ4n) is 2.33. The number of methoxy groups -OCH3 is 2. The van der Waals surface area contributed by atoms with Crippen molar-refractivity contribution in [2.75, 3.05) is 20.8 Å². The molecule has 0 fully saturated rings. The Balaban J connectivity index is 1.78. The van der Waals surface area contributed by atoms with Gasteiger partial charge in [0.25, 0.3) is 5.91 Å². The average Bonchev–Trinajstić information content (AvgIpc) is 3.00. The zero-order chi connectivity index (χ0) is 16.7. The zero-order valence-electron chi connectivity index (χ0n) is 13.5. The third kappa shape index (κ3) is 4.74. The van der Waals surface area contributed by atoms with Crippen LogP contribution in [0.2, 0.25) is 0 Å². The van der Waals surface area contributed by atoms with Gasteiger partial charge in [0.1, 0.15) is 11.4 Å². The van der Waals surface area contributed by atoms with Crippen LogP contribution in [-0.2, 0) is 9.53 Å². The van der Waals surface area contributed by atoms with Crippen molar-refractivity contribution >= 4 is 22.8 Å². The van der Waals surface area contributed by atoms with E-state index in [1.807, 2.05) is 24.3 Å². The highest BCUT2D eigenvalue weighted by Gasteiger charge is 2.09. The maximum absolute atomic E-state index is 12.1. The average molecular weight is 318 g/mol. The second-order valence-electron chi connectivity index (χ2n) is 5.28. The molecule has 0 aliphatic carbocycles. The van der Waals surface area contributed by atoms with E-state index in [1.54, 1.807) is 7.11 Å². The lowest BCUT2D eigenvalue weighted by molar-refractivity contribution is -0.140. The smallest absolute Gasteiger partial charge is 0.305 e. The van der Waals surface area contributed by atoms with Crippen molar-refractivity contribution in [1.29, 1.82) is 0 Å². The molecule has 0 radical (unpaired) electrons. The molecule has 0 bridgehead atoms. The molecule has 2 N–H and O–H groups in total. The van der Waals surface area contributed by atoms with Crippen molar-refractivity contribution in [3.8, 4) is 5.75 Å². The Morgan fingerprint density at radius 1 is 1.13 bits per heavy atom. The molecule has 0 atom stereocenters. The number of fused-ring (bicyclic) bond motifs is 1. The van der Waals surface area contributed by atoms with E-state index in [0.717, 1.165) is 35.9 Å². The lowest BCUT2D eigenvalue weighted by atomic mass is 10.2. The quantitative estimate of drug-likeness (QED) is 0.579. The van der Waals surface area contributed by atoms with E-state index in [0.29, 0.717) is 18.7 Å². The Morgan fingerprint density at radius 3 is 2.70 bits per heavy atom. The predicted octanol–water partition coefficient (Wildman–Crippen LogP) is 2.64. The number of rotatable bonds is 8. The Morgan fingerprint density at radius 2 is 1.96 bits per heavy atom. The van der Waals surface area contributed by atoms with Crippen molar-refractivity contribution in [3.63, 3.8) is 0 Å². The predicted molar refractivity (Wildman–Crippen MR) is 87.7 cm³/mol. The van der Waals surface area contributed by atoms with Crippen molar-refractivity contribution in [2.24, 2.45) is 0 Å². The Bertz CT molecular complexity index is 678. The second kappa shape index (κ2) is 8.22. The number of H-pyrrole nitrogens is 1. The molecule has 0 saturated carbocycles. The zero-order valence-corrected chi connectivity index (χ0v) is 13.5. The molecule has 1 aromatic carbocycles. The molecular formula is C17H22N2O4. The minimum atomic E-state index is -0.192. The van der Waals surface area contributed by atoms with Crippen LogP contribution in [0.3, 0.4) is 0 Å². The summed E-state index contributed by atoms with van der Waals surface area (Å²) in [5, 5.41) is 3.84. The number of unbranched alkanes of at least 4 members (excludes halogenated alkanes) is 2. The number of ether oxygens (including phenoxy) is 2. The SMILES string of the molecule is COC(=O)CCCCCNC(=O)c1cc2ccc(OC)cc2[nH]1. The van der Waals surface area contributed by atoms with Crippen LogP contribution in [0.25, 0.3) is 10.9 Å². The Kier molecular flexibility index (Phi) is 6.02. The van der Waals surface area contributed by atoms with Crippen LogP contribution >= 0.6 is 0 Å². The van der Waals surface area contributed by atoms with Gasteiger partial charge in [-0.2, -0.15) is 0 Å². The topological polar surface area (TPSA) is 80.4 Å². The molecule has 6 heteroatoms. The van der Waals surface area contributed by atoms with Gasteiger partial charge in [-0.1, -0.05) is 6.42 Å². The molecular weight excluding hydrogens is 296 g/mol. The first-order chi connectivity index (χ1) is 11.1. The highest BCUT2D eigenvalue weighted by atomic mass is 16.5. The van der Waals surface area contributed by atoms with Gasteiger partial charge in [0.05, 0.1) is 14.2 Å². The van der Waals surface area contributed by atoms with E-state index >= 15 is 0 Å². The number of nitrogens with one attached hydrogen (secondary N) is 2. The molecule has 0 unspecified atom stereocenters. The minimum Gasteiger partial charge on any atom is -0.497 e. The lowest BCUT2D eigenvalue weighted by Crippen LogP contribution is -2.24. The number of hydrogen-bond acceptors (Lipinski definition) is 4. The van der Waals surface area contributed by atoms with E-state index in [1.165, 1.54) is 7.11 Å². The number of aromatic nitrogens is 1. The molecule has 2 aromatic rings. The van der Waals surface area contributed by atoms with E-state index in [-0.39, 0.29) is 11.9 Å². The van der Waals surface area contributed by atoms with Crippen LogP contribution in [0, 0.1) is 0 Å². The van der Waals surface area contributed by atoms with Crippen LogP contribution in [0.4, 0.5) is 0 Å². The molecule has 1 aromatic heterocycles. The van der Waals surface area contributed by atoms with E-state index in [9.17, 15) is 9.59 Å². The third-order valence-corrected chi connectivity index (χ3v) is 3.65. The van der Waals surface area contributed by atoms with Crippen molar-refractivity contribution < 1.29 is 19.1 Å². The largest absolute Gasteiger partial charge is 0.497 e. The van der Waals surface area contributed by atoms with E-state index in [4.69, 9.17) is 4.74 Å². The first-order valence-electron chi connectivity index (χ1n) is 7.66. The maximum atomic E-state index is 12.1. The standard InChI is InChI=1S/C17H22N2O4/c1-22-13-8-7-12-10-15(19-14(12)11-13)17(21)18-9-5-3-4-6-16(20)23-2/h7-8,10-11,19H,3-6,9H2,1-2H3,(H,18,21). The Labute approximate surface area is 135 Å². The molecule has 1 amide bonds. The van der Waals surface area contributed by atoms with Crippen LogP contribution in [-0.4, -0.2) is 37.6 Å². The van der Waals surface area contributed by atoms with Gasteiger partial charge in [0, 0.05) is 29.9 Å². The summed E-state index contributed by atoms with van der Waals surface area (Å²) in [7, 11) is 3.00. The number of carbonyl (C=O) groups is 2. The first kappa shape index (κ1) is 16.9. The molecule has 0 saturated heterocycles. The number of hydrogen-bond donors (Lipinski definition) is 2. The maximum Gasteiger partial charge on any atom is 0.305 e. The Hall–Kier alpha value is -2.50. The van der Waals surface area contributed by atoms with E-state index in [2.05, 4.69) is 15.0 Å². The highest BCUT2D eigenvalue weighted by molar-refractivity contribution is 5.98. The van der Waals surface area contributed by atoms with Gasteiger partial charge in [-0.15, -0.1) is 0 Å². The van der Waals surface area contributed by atoms with Crippen molar-refractivity contribution in [1.82, 2.24) is 10.3 Å². The van der Waals surface area contributed by atoms with Crippen LogP contribution in [0.15, 0.2) is 24.3 Å². The molecule has 0 aliphatic heterocycles. The number of esters is 1. The molecule has 0 aliphatic rings. The van der Waals surface area contributed by atoms with Gasteiger partial charge in [-0.25, -0.2) is 0 Å². The van der Waals surface area contributed by atoms with Crippen LogP contribution in [0.5, 0.6) is 5.75 Å². The van der Waals surface area contributed by atoms with Gasteiger partial charge >= 0.3 is 5.97 Å². The number of aromatic amines is 1. The molecule has 2 rings (SSSR count). The van der Waals surface area contributed by atoms with Crippen molar-refractivity contribution in [3.05, 3.63) is 30.0 Å². The van der Waals surface area contributed by atoms with Gasteiger partial charge in [-0.05, 0) is 31.0 Å². The summed E-state index contributed by atoms with van der Waals surface area (Å²) in [4.78, 5) is 26.2. The second-order valence-corrected chi connectivity index (χ2v) is 5.28. The molecule has 0 spiro atoms. The van der Waals surface area contributed by atoms with Crippen LogP contribution < -0.4 is 10.1 Å². The summed E-state index contributed by atoms with van der Waals surface area (Å²) in [6.07, 6.45) is 2.90. The van der Waals surface area contributed by atoms with Gasteiger partial charge in [-0.3, -0.25) is 9.59 Å². The van der Waals surface area contributed by atoms with E-state index < -0.39 is 0 Å². The normalized spacial score (nSPS) is 10.5. The van der Waals surface area contributed by atoms with Gasteiger partial charge < -0.3 is 19.8 Å². The number of benzene rings is 1. The third-order valence-electron chi connectivity index (χ3n) is 3.65. The minimum absolute atomic E-state index is 0.131. The molecule has 23 heavy (non-hydrogen) atoms. The van der Waals surface area contributed by atoms with Crippen molar-refractivity contribution in [2.45, 2.75) is 25.7 Å². The number of carbonyl (C=O) groups excluding carboxylic acids is 2. The fourth-order valence-corrected chi connectivity index (χ4v) is 2.33. The molecule has 6 nitrogen and oxygen atoms in total. The van der Waals surface area contributed by atoms with Gasteiger partial charge in [0.2, 0.25) is 0 Å². The molecule has 124 valence electrons. The first-order valence-corrected chi connectivity index (χ1v) is 7.66. The fraction of sp³-hybridized carbons (Fsp3) is 0.412. The highest BCUT2D eigenvalue weighted by Crippen LogP contribution is 2.21. The van der Waals surface area contributed by atoms with Crippen LogP contribution in [0.1, 0.15) is 36.2 Å². The molecule has 1 heterocycles. The summed E-state index contributed by atoms with van der Waals surface area (Å²) in [6, 6.07) is 7.45. The monoisotopic (exact) mass is 318 g/mol. The van der Waals surface area contributed by atoms with Gasteiger partial charge in [0.15, 0.2) is 0 Å². The summed E-state index contributed by atoms with van der Waals surface area (Å²) < 4.78 is 9.74. The summed E-state index contributed by atoms with van der Waals surface area (Å²) >= 11 is 0. The lowest BCUT2D eigenvalue weighted by Gasteiger charge is -2.03.